The van der Waals surface area contributed by atoms with Crippen molar-refractivity contribution in [3.63, 3.8) is 0 Å². The molecule has 1 N–H and O–H groups in total. The lowest BCUT2D eigenvalue weighted by molar-refractivity contribution is -0.136. The average molecular weight is 239 g/mol. The quantitative estimate of drug-likeness (QED) is 0.804. The lowest BCUT2D eigenvalue weighted by atomic mass is 9.65. The molecule has 2 atom stereocenters. The van der Waals surface area contributed by atoms with Gasteiger partial charge in [0.2, 0.25) is 5.91 Å². The molecule has 0 aromatic heterocycles. The number of carbonyl (C=O) groups is 1. The van der Waals surface area contributed by atoms with Gasteiger partial charge < -0.3 is 10.1 Å². The van der Waals surface area contributed by atoms with Crippen molar-refractivity contribution >= 4 is 5.91 Å². The van der Waals surface area contributed by atoms with E-state index in [4.69, 9.17) is 4.74 Å². The van der Waals surface area contributed by atoms with E-state index in [1.54, 1.807) is 0 Å². The van der Waals surface area contributed by atoms with Crippen LogP contribution in [0.2, 0.25) is 0 Å². The van der Waals surface area contributed by atoms with Gasteiger partial charge in [-0.3, -0.25) is 4.79 Å². The molecule has 0 aromatic carbocycles. The number of carbonyl (C=O) groups excluding carboxylic acids is 1. The second-order valence-electron chi connectivity index (χ2n) is 6.77. The van der Waals surface area contributed by atoms with Gasteiger partial charge in [-0.05, 0) is 44.9 Å². The van der Waals surface area contributed by atoms with Crippen molar-refractivity contribution in [3.8, 4) is 0 Å². The van der Waals surface area contributed by atoms with Gasteiger partial charge in [0, 0.05) is 18.1 Å². The molecule has 0 spiro atoms. The van der Waals surface area contributed by atoms with Gasteiger partial charge in [0.05, 0.1) is 6.10 Å². The second kappa shape index (κ2) is 4.27. The molecule has 0 aromatic rings. The van der Waals surface area contributed by atoms with Crippen molar-refractivity contribution in [1.82, 2.24) is 5.32 Å². The van der Waals surface area contributed by atoms with E-state index in [0.29, 0.717) is 6.10 Å². The topological polar surface area (TPSA) is 38.3 Å². The number of hydrogen-bond acceptors (Lipinski definition) is 2. The van der Waals surface area contributed by atoms with Gasteiger partial charge in [-0.2, -0.15) is 0 Å². The normalized spacial score (nSPS) is 35.6. The first-order valence-corrected chi connectivity index (χ1v) is 6.75. The van der Waals surface area contributed by atoms with Gasteiger partial charge in [0.25, 0.3) is 0 Å². The van der Waals surface area contributed by atoms with Gasteiger partial charge in [0.15, 0.2) is 0 Å². The Morgan fingerprint density at radius 1 is 1.35 bits per heavy atom. The number of piperidine rings is 1. The molecule has 0 saturated carbocycles. The van der Waals surface area contributed by atoms with E-state index in [-0.39, 0.29) is 22.8 Å². The number of hydrogen-bond donors (Lipinski definition) is 1. The summed E-state index contributed by atoms with van der Waals surface area (Å²) in [5, 5.41) is 3.18. The van der Waals surface area contributed by atoms with Crippen molar-refractivity contribution in [2.24, 2.45) is 11.3 Å². The van der Waals surface area contributed by atoms with E-state index in [9.17, 15) is 4.79 Å². The summed E-state index contributed by atoms with van der Waals surface area (Å²) in [6.45, 7) is 9.60. The van der Waals surface area contributed by atoms with Crippen molar-refractivity contribution < 1.29 is 9.53 Å². The molecule has 3 heteroatoms. The first-order chi connectivity index (χ1) is 7.82. The third-order valence-corrected chi connectivity index (χ3v) is 4.83. The van der Waals surface area contributed by atoms with Crippen molar-refractivity contribution in [2.75, 3.05) is 6.61 Å². The molecule has 0 radical (unpaired) electrons. The highest BCUT2D eigenvalue weighted by atomic mass is 16.5. The zero-order valence-corrected chi connectivity index (χ0v) is 11.5. The number of rotatable bonds is 2. The minimum atomic E-state index is -0.114. The Kier molecular flexibility index (Phi) is 3.23. The molecule has 2 unspecified atom stereocenters. The van der Waals surface area contributed by atoms with Crippen LogP contribution in [0.4, 0.5) is 0 Å². The lowest BCUT2D eigenvalue weighted by Crippen LogP contribution is -2.60. The van der Waals surface area contributed by atoms with Crippen LogP contribution >= 0.6 is 0 Å². The van der Waals surface area contributed by atoms with Gasteiger partial charge >= 0.3 is 0 Å². The van der Waals surface area contributed by atoms with E-state index in [1.807, 2.05) is 0 Å². The van der Waals surface area contributed by atoms with Crippen molar-refractivity contribution in [2.45, 2.75) is 65.0 Å². The summed E-state index contributed by atoms with van der Waals surface area (Å²) in [6.07, 6.45) is 4.43. The third kappa shape index (κ3) is 2.49. The van der Waals surface area contributed by atoms with E-state index >= 15 is 0 Å². The van der Waals surface area contributed by atoms with Crippen LogP contribution < -0.4 is 5.32 Å². The van der Waals surface area contributed by atoms with Gasteiger partial charge in [-0.25, -0.2) is 0 Å². The summed E-state index contributed by atoms with van der Waals surface area (Å²) in [6, 6.07) is 0. The van der Waals surface area contributed by atoms with E-state index in [0.717, 1.165) is 32.3 Å². The Bertz CT molecular complexity index is 303. The summed E-state index contributed by atoms with van der Waals surface area (Å²) in [4.78, 5) is 12.1. The molecule has 2 fully saturated rings. The average Bonchev–Trinajstić information content (AvgIpc) is 2.66. The van der Waals surface area contributed by atoms with E-state index < -0.39 is 0 Å². The highest BCUT2D eigenvalue weighted by molar-refractivity contribution is 5.80. The van der Waals surface area contributed by atoms with Crippen LogP contribution in [-0.4, -0.2) is 24.2 Å². The smallest absolute Gasteiger partial charge is 0.223 e. The molecule has 2 aliphatic heterocycles. The van der Waals surface area contributed by atoms with Crippen LogP contribution in [0.25, 0.3) is 0 Å². The minimum absolute atomic E-state index is 0.114. The largest absolute Gasteiger partial charge is 0.378 e. The second-order valence-corrected chi connectivity index (χ2v) is 6.77. The molecule has 0 aliphatic carbocycles. The molecule has 98 valence electrons. The molecule has 2 heterocycles. The van der Waals surface area contributed by atoms with Crippen LogP contribution in [0.3, 0.4) is 0 Å². The maximum absolute atomic E-state index is 12.1. The highest BCUT2D eigenvalue weighted by Crippen LogP contribution is 2.42. The maximum Gasteiger partial charge on any atom is 0.223 e. The Hall–Kier alpha value is -0.570. The Morgan fingerprint density at radius 2 is 2.06 bits per heavy atom. The Balaban J connectivity index is 2.02. The number of amides is 1. The van der Waals surface area contributed by atoms with Crippen molar-refractivity contribution in [1.29, 1.82) is 0 Å². The van der Waals surface area contributed by atoms with E-state index in [2.05, 4.69) is 33.0 Å². The summed E-state index contributed by atoms with van der Waals surface area (Å²) >= 11 is 0. The molecule has 1 amide bonds. The number of ether oxygens (including phenoxy) is 1. The van der Waals surface area contributed by atoms with Crippen LogP contribution in [0.1, 0.15) is 53.4 Å². The summed E-state index contributed by atoms with van der Waals surface area (Å²) in [5.41, 5.74) is 0.0291. The summed E-state index contributed by atoms with van der Waals surface area (Å²) in [5.74, 6) is 0.339. The van der Waals surface area contributed by atoms with Crippen LogP contribution in [0.5, 0.6) is 0 Å². The number of nitrogens with one attached hydrogen (secondary N) is 1. The molecule has 0 bridgehead atoms. The predicted molar refractivity (Wildman–Crippen MR) is 67.7 cm³/mol. The third-order valence-electron chi connectivity index (χ3n) is 4.83. The van der Waals surface area contributed by atoms with Crippen LogP contribution in [0, 0.1) is 11.3 Å². The highest BCUT2D eigenvalue weighted by Gasteiger charge is 2.46. The summed E-state index contributed by atoms with van der Waals surface area (Å²) in [7, 11) is 0. The molecule has 2 aliphatic rings. The molecule has 2 saturated heterocycles. The lowest BCUT2D eigenvalue weighted by Gasteiger charge is -2.49. The van der Waals surface area contributed by atoms with Gasteiger partial charge in [-0.1, -0.05) is 13.8 Å². The monoisotopic (exact) mass is 239 g/mol. The zero-order chi connectivity index (χ0) is 12.7. The SMILES string of the molecule is CC1(C)CC(CC2CCCO2)C(=O)NC1(C)C. The maximum atomic E-state index is 12.1. The first kappa shape index (κ1) is 12.9. The van der Waals surface area contributed by atoms with Gasteiger partial charge in [-0.15, -0.1) is 0 Å². The minimum Gasteiger partial charge on any atom is -0.378 e. The fraction of sp³-hybridized carbons (Fsp3) is 0.929. The summed E-state index contributed by atoms with van der Waals surface area (Å²) < 4.78 is 5.64. The Labute approximate surface area is 104 Å². The van der Waals surface area contributed by atoms with Crippen molar-refractivity contribution in [3.05, 3.63) is 0 Å². The fourth-order valence-electron chi connectivity index (χ4n) is 2.88. The standard InChI is InChI=1S/C14H25NO2/c1-13(2)9-10(8-11-6-5-7-17-11)12(16)15-14(13,3)4/h10-11H,5-9H2,1-4H3,(H,15,16). The molecule has 2 rings (SSSR count). The first-order valence-electron chi connectivity index (χ1n) is 6.75. The zero-order valence-electron chi connectivity index (χ0n) is 11.5. The predicted octanol–water partition coefficient (Wildman–Crippen LogP) is 2.50. The van der Waals surface area contributed by atoms with Gasteiger partial charge in [0.1, 0.15) is 0 Å². The van der Waals surface area contributed by atoms with E-state index in [1.165, 1.54) is 0 Å². The fourth-order valence-corrected chi connectivity index (χ4v) is 2.88. The molecule has 17 heavy (non-hydrogen) atoms. The van der Waals surface area contributed by atoms with Crippen LogP contribution in [-0.2, 0) is 9.53 Å². The molecular weight excluding hydrogens is 214 g/mol. The Morgan fingerprint density at radius 3 is 2.65 bits per heavy atom. The van der Waals surface area contributed by atoms with Crippen LogP contribution in [0.15, 0.2) is 0 Å². The molecular formula is C14H25NO2. The molecule has 3 nitrogen and oxygen atoms in total.